The summed E-state index contributed by atoms with van der Waals surface area (Å²) in [7, 11) is 0. The van der Waals surface area contributed by atoms with Crippen molar-refractivity contribution >= 4 is 5.97 Å². The van der Waals surface area contributed by atoms with Crippen LogP contribution in [-0.2, 0) is 19.0 Å². The van der Waals surface area contributed by atoms with Crippen LogP contribution in [0.3, 0.4) is 0 Å². The normalized spacial score (nSPS) is 20.0. The average molecular weight is 662 g/mol. The Balaban J connectivity index is 7.24. The number of carboxylic acids is 1. The lowest BCUT2D eigenvalue weighted by molar-refractivity contribution is -0.578. The molecule has 0 aromatic carbocycles. The number of carboxylic acid groups (broad SMARTS) is 1. The van der Waals surface area contributed by atoms with Crippen molar-refractivity contribution in [3.05, 3.63) is 0 Å². The Morgan fingerprint density at radius 2 is 0.675 bits per heavy atom. The van der Waals surface area contributed by atoms with Gasteiger partial charge in [0.15, 0.2) is 0 Å². The van der Waals surface area contributed by atoms with E-state index in [9.17, 15) is 106 Å². The fraction of sp³-hybridized carbons (Fsp3) is 0.917. The first-order valence-corrected chi connectivity index (χ1v) is 8.00. The maximum absolute atomic E-state index is 14.0. The predicted octanol–water partition coefficient (Wildman–Crippen LogP) is 6.78. The van der Waals surface area contributed by atoms with Crippen LogP contribution in [0.4, 0.5) is 101 Å². The molecule has 0 spiro atoms. The van der Waals surface area contributed by atoms with Crippen LogP contribution in [0.15, 0.2) is 0 Å². The van der Waals surface area contributed by atoms with E-state index >= 15 is 0 Å². The number of rotatable bonds is 10. The van der Waals surface area contributed by atoms with Gasteiger partial charge in [-0.2, -0.15) is 101 Å². The Morgan fingerprint density at radius 1 is 0.400 bits per heavy atom. The van der Waals surface area contributed by atoms with Crippen molar-refractivity contribution in [2.24, 2.45) is 0 Å². The van der Waals surface area contributed by atoms with E-state index in [-0.39, 0.29) is 0 Å². The average Bonchev–Trinajstić information content (AvgIpc) is 2.62. The molecule has 0 unspecified atom stereocenters. The number of ether oxygens (including phenoxy) is 3. The molecule has 0 aliphatic heterocycles. The van der Waals surface area contributed by atoms with Crippen molar-refractivity contribution in [3.63, 3.8) is 0 Å². The minimum absolute atomic E-state index is 0.973. The van der Waals surface area contributed by atoms with E-state index < -0.39 is 72.5 Å². The molecule has 0 aromatic heterocycles. The molecule has 0 fully saturated rings. The van der Waals surface area contributed by atoms with Crippen LogP contribution in [0.5, 0.6) is 0 Å². The number of hydrogen-bond acceptors (Lipinski definition) is 4. The Kier molecular flexibility index (Phi) is 9.10. The van der Waals surface area contributed by atoms with Crippen LogP contribution < -0.4 is 0 Å². The molecular formula is C12HF23O5. The summed E-state index contributed by atoms with van der Waals surface area (Å²) in [6.45, 7) is 0. The number of halogens is 23. The molecule has 3 atom stereocenters. The lowest BCUT2D eigenvalue weighted by Crippen LogP contribution is -2.70. The summed E-state index contributed by atoms with van der Waals surface area (Å²) >= 11 is 0. The number of hydrogen-bond donors (Lipinski definition) is 1. The summed E-state index contributed by atoms with van der Waals surface area (Å²) < 4.78 is 300. The zero-order chi connectivity index (χ0) is 33.2. The highest BCUT2D eigenvalue weighted by atomic mass is 19.4. The Morgan fingerprint density at radius 3 is 0.900 bits per heavy atom. The number of alkyl halides is 23. The molecule has 0 bridgehead atoms. The Bertz CT molecular complexity index is 930. The second-order valence-electron chi connectivity index (χ2n) is 6.51. The van der Waals surface area contributed by atoms with Crippen LogP contribution >= 0.6 is 0 Å². The van der Waals surface area contributed by atoms with Gasteiger partial charge >= 0.3 is 72.5 Å². The molecule has 0 heterocycles. The monoisotopic (exact) mass is 662 g/mol. The van der Waals surface area contributed by atoms with Gasteiger partial charge in [0.05, 0.1) is 0 Å². The molecule has 0 amide bonds. The minimum Gasteiger partial charge on any atom is -0.477 e. The van der Waals surface area contributed by atoms with Crippen molar-refractivity contribution in [2.45, 2.75) is 66.5 Å². The van der Waals surface area contributed by atoms with Crippen molar-refractivity contribution in [1.82, 2.24) is 0 Å². The quantitative estimate of drug-likeness (QED) is 0.262. The smallest absolute Gasteiger partial charge is 0.462 e. The summed E-state index contributed by atoms with van der Waals surface area (Å²) in [5.41, 5.74) is 0. The molecule has 40 heavy (non-hydrogen) atoms. The molecule has 0 saturated heterocycles. The van der Waals surface area contributed by atoms with Gasteiger partial charge in [0.2, 0.25) is 0 Å². The molecule has 0 radical (unpaired) electrons. The van der Waals surface area contributed by atoms with Crippen molar-refractivity contribution < 1.29 is 125 Å². The molecule has 0 aromatic rings. The summed E-state index contributed by atoms with van der Waals surface area (Å²) in [5.74, 6) is -37.4. The van der Waals surface area contributed by atoms with Gasteiger partial charge in [-0.15, -0.1) is 0 Å². The maximum Gasteiger partial charge on any atom is 0.462 e. The second-order valence-corrected chi connectivity index (χ2v) is 6.51. The van der Waals surface area contributed by atoms with Crippen LogP contribution in [0.1, 0.15) is 0 Å². The lowest BCUT2D eigenvalue weighted by atomic mass is 10.2. The van der Waals surface area contributed by atoms with E-state index in [4.69, 9.17) is 5.11 Å². The van der Waals surface area contributed by atoms with Crippen molar-refractivity contribution in [1.29, 1.82) is 0 Å². The van der Waals surface area contributed by atoms with Crippen LogP contribution in [-0.4, -0.2) is 77.6 Å². The topological polar surface area (TPSA) is 65.0 Å². The second kappa shape index (κ2) is 9.65. The molecule has 0 saturated carbocycles. The van der Waals surface area contributed by atoms with Gasteiger partial charge < -0.3 is 5.11 Å². The molecule has 0 aliphatic rings. The Hall–Kier alpha value is -2.26. The zero-order valence-electron chi connectivity index (χ0n) is 16.8. The van der Waals surface area contributed by atoms with Gasteiger partial charge in [0.1, 0.15) is 0 Å². The SMILES string of the molecule is O=C(O)[C@@](F)(OC(F)(F)[C@@](F)(OC(F)(F)[C@](F)(OC(F)(F)C(F)(F)C(F)(F)F)C(F)(F)F)C(F)(F)F)C(F)(F)F. The van der Waals surface area contributed by atoms with E-state index in [0.717, 1.165) is 9.47 Å². The maximum atomic E-state index is 14.0. The largest absolute Gasteiger partial charge is 0.477 e. The van der Waals surface area contributed by atoms with Gasteiger partial charge in [0, 0.05) is 0 Å². The fourth-order valence-corrected chi connectivity index (χ4v) is 1.68. The zero-order valence-corrected chi connectivity index (χ0v) is 16.8. The van der Waals surface area contributed by atoms with Gasteiger partial charge in [-0.1, -0.05) is 0 Å². The standard InChI is InChI=1S/C12HF23O5/c13-2(1(36)37,6(18,19)20)38-11(32,33)4(16,8(24,25)26)40-12(34,35)5(17,9(27,28)29)39-10(30,31)3(14,15)7(21,22)23/h(H,36,37)/t2-,4+,5-/m1/s1. The van der Waals surface area contributed by atoms with E-state index in [1.807, 2.05) is 0 Å². The van der Waals surface area contributed by atoms with Gasteiger partial charge in [0.25, 0.3) is 0 Å². The van der Waals surface area contributed by atoms with Crippen molar-refractivity contribution in [3.8, 4) is 0 Å². The van der Waals surface area contributed by atoms with E-state index in [1.54, 1.807) is 0 Å². The first-order chi connectivity index (χ1) is 16.8. The van der Waals surface area contributed by atoms with Crippen LogP contribution in [0.2, 0.25) is 0 Å². The third kappa shape index (κ3) is 6.01. The molecule has 240 valence electrons. The van der Waals surface area contributed by atoms with Crippen molar-refractivity contribution in [2.75, 3.05) is 0 Å². The fourth-order valence-electron chi connectivity index (χ4n) is 1.68. The summed E-state index contributed by atoms with van der Waals surface area (Å²) in [6, 6.07) is 0. The lowest BCUT2D eigenvalue weighted by Gasteiger charge is -2.42. The highest BCUT2D eigenvalue weighted by Gasteiger charge is 2.88. The summed E-state index contributed by atoms with van der Waals surface area (Å²) in [6.07, 6.45) is -57.8. The first kappa shape index (κ1) is 37.7. The summed E-state index contributed by atoms with van der Waals surface area (Å²) in [4.78, 5) is 10.2. The van der Waals surface area contributed by atoms with E-state index in [2.05, 4.69) is 0 Å². The van der Waals surface area contributed by atoms with Crippen LogP contribution in [0, 0.1) is 0 Å². The van der Waals surface area contributed by atoms with Gasteiger partial charge in [-0.05, 0) is 0 Å². The molecular weight excluding hydrogens is 661 g/mol. The highest BCUT2D eigenvalue weighted by Crippen LogP contribution is 2.59. The van der Waals surface area contributed by atoms with E-state index in [1.165, 1.54) is 4.74 Å². The molecule has 1 N–H and O–H groups in total. The highest BCUT2D eigenvalue weighted by molar-refractivity contribution is 5.76. The number of aliphatic carboxylic acids is 1. The minimum atomic E-state index is -8.77. The van der Waals surface area contributed by atoms with Crippen LogP contribution in [0.25, 0.3) is 0 Å². The first-order valence-electron chi connectivity index (χ1n) is 8.00. The third-order valence-corrected chi connectivity index (χ3v) is 3.65. The van der Waals surface area contributed by atoms with Gasteiger partial charge in [-0.25, -0.2) is 4.79 Å². The summed E-state index contributed by atoms with van der Waals surface area (Å²) in [5, 5.41) is 7.92. The Labute approximate surface area is 199 Å². The third-order valence-electron chi connectivity index (χ3n) is 3.65. The molecule has 0 aliphatic carbocycles. The van der Waals surface area contributed by atoms with E-state index in [0.29, 0.717) is 0 Å². The van der Waals surface area contributed by atoms with Gasteiger partial charge in [-0.3, -0.25) is 14.2 Å². The number of carbonyl (C=O) groups is 1. The molecule has 0 rings (SSSR count). The molecule has 5 nitrogen and oxygen atoms in total. The predicted molar refractivity (Wildman–Crippen MR) is 66.4 cm³/mol. The molecule has 28 heteroatoms.